The largest absolute Gasteiger partial charge is 0.321 e. The first kappa shape index (κ1) is 9.96. The minimum atomic E-state index is -0.441. The van der Waals surface area contributed by atoms with Crippen molar-refractivity contribution >= 4 is 27.5 Å². The molecule has 1 aromatic heterocycles. The molecular weight excluding hydrogens is 239 g/mol. The van der Waals surface area contributed by atoms with Crippen molar-refractivity contribution in [2.24, 2.45) is 5.73 Å². The maximum absolute atomic E-state index is 5.87. The van der Waals surface area contributed by atoms with E-state index in [1.165, 1.54) is 0 Å². The highest BCUT2D eigenvalue weighted by atomic mass is 79.9. The van der Waals surface area contributed by atoms with Crippen LogP contribution in [0, 0.1) is 0 Å². The second-order valence-electron chi connectivity index (χ2n) is 3.21. The molecule has 12 heavy (non-hydrogen) atoms. The van der Waals surface area contributed by atoms with Crippen LogP contribution < -0.4 is 5.73 Å². The van der Waals surface area contributed by atoms with Gasteiger partial charge in [0.15, 0.2) is 0 Å². The van der Waals surface area contributed by atoms with Crippen LogP contribution in [0.3, 0.4) is 0 Å². The van der Waals surface area contributed by atoms with E-state index in [1.54, 1.807) is 12.3 Å². The molecule has 0 fully saturated rings. The number of halogens is 2. The monoisotopic (exact) mass is 248 g/mol. The Labute approximate surface area is 85.3 Å². The summed E-state index contributed by atoms with van der Waals surface area (Å²) in [6.07, 6.45) is 1.59. The molecule has 0 saturated carbocycles. The van der Waals surface area contributed by atoms with Gasteiger partial charge in [-0.15, -0.1) is 0 Å². The molecule has 1 rings (SSSR count). The van der Waals surface area contributed by atoms with Crippen LogP contribution in [0.15, 0.2) is 16.7 Å². The molecule has 66 valence electrons. The Hall–Kier alpha value is -0.120. The molecule has 1 aromatic rings. The molecule has 2 N–H and O–H groups in total. The van der Waals surface area contributed by atoms with Crippen LogP contribution in [-0.2, 0) is 5.54 Å². The lowest BCUT2D eigenvalue weighted by atomic mass is 10.0. The Morgan fingerprint density at radius 3 is 2.58 bits per heavy atom. The predicted octanol–water partition coefficient (Wildman–Crippen LogP) is 2.69. The SMILES string of the molecule is CC(C)(N)c1ncc(Cl)cc1Br. The summed E-state index contributed by atoms with van der Waals surface area (Å²) in [6, 6.07) is 1.79. The minimum absolute atomic E-state index is 0.441. The lowest BCUT2D eigenvalue weighted by Gasteiger charge is -2.19. The van der Waals surface area contributed by atoms with Gasteiger partial charge in [-0.3, -0.25) is 4.98 Å². The minimum Gasteiger partial charge on any atom is -0.321 e. The Kier molecular flexibility index (Phi) is 2.76. The summed E-state index contributed by atoms with van der Waals surface area (Å²) in [7, 11) is 0. The Bertz CT molecular complexity index is 294. The summed E-state index contributed by atoms with van der Waals surface area (Å²) < 4.78 is 0.850. The third kappa shape index (κ3) is 2.19. The van der Waals surface area contributed by atoms with Gasteiger partial charge in [-0.1, -0.05) is 11.6 Å². The van der Waals surface area contributed by atoms with E-state index < -0.39 is 5.54 Å². The maximum Gasteiger partial charge on any atom is 0.0739 e. The van der Waals surface area contributed by atoms with Crippen LogP contribution in [0.2, 0.25) is 5.02 Å². The van der Waals surface area contributed by atoms with Gasteiger partial charge in [-0.25, -0.2) is 0 Å². The molecule has 1 heterocycles. The van der Waals surface area contributed by atoms with Gasteiger partial charge in [-0.2, -0.15) is 0 Å². The second kappa shape index (κ2) is 3.32. The number of nitrogens with zero attached hydrogens (tertiary/aromatic N) is 1. The van der Waals surface area contributed by atoms with E-state index in [0.717, 1.165) is 10.2 Å². The van der Waals surface area contributed by atoms with Crippen molar-refractivity contribution in [3.05, 3.63) is 27.5 Å². The number of hydrogen-bond acceptors (Lipinski definition) is 2. The van der Waals surface area contributed by atoms with Gasteiger partial charge in [-0.05, 0) is 35.8 Å². The van der Waals surface area contributed by atoms with Gasteiger partial charge < -0.3 is 5.73 Å². The zero-order chi connectivity index (χ0) is 9.35. The summed E-state index contributed by atoms with van der Waals surface area (Å²) in [5, 5.41) is 0.606. The van der Waals surface area contributed by atoms with E-state index >= 15 is 0 Å². The molecule has 0 aliphatic carbocycles. The Morgan fingerprint density at radius 1 is 1.58 bits per heavy atom. The average Bonchev–Trinajstić information content (AvgIpc) is 1.83. The molecule has 0 amide bonds. The Morgan fingerprint density at radius 2 is 2.17 bits per heavy atom. The number of rotatable bonds is 1. The van der Waals surface area contributed by atoms with Crippen molar-refractivity contribution in [1.82, 2.24) is 4.98 Å². The first-order valence-corrected chi connectivity index (χ1v) is 4.69. The summed E-state index contributed by atoms with van der Waals surface area (Å²) in [5.41, 5.74) is 6.24. The maximum atomic E-state index is 5.87. The van der Waals surface area contributed by atoms with Gasteiger partial charge in [0, 0.05) is 10.7 Å². The fourth-order valence-corrected chi connectivity index (χ4v) is 2.04. The molecule has 4 heteroatoms. The van der Waals surface area contributed by atoms with Crippen molar-refractivity contribution in [3.8, 4) is 0 Å². The molecule has 0 bridgehead atoms. The van der Waals surface area contributed by atoms with Crippen LogP contribution in [0.25, 0.3) is 0 Å². The lowest BCUT2D eigenvalue weighted by molar-refractivity contribution is 0.532. The molecule has 2 nitrogen and oxygen atoms in total. The van der Waals surface area contributed by atoms with Crippen molar-refractivity contribution in [1.29, 1.82) is 0 Å². The van der Waals surface area contributed by atoms with E-state index in [0.29, 0.717) is 5.02 Å². The molecule has 0 aliphatic rings. The average molecular weight is 250 g/mol. The predicted molar refractivity (Wildman–Crippen MR) is 54.2 cm³/mol. The van der Waals surface area contributed by atoms with E-state index in [2.05, 4.69) is 20.9 Å². The number of aromatic nitrogens is 1. The van der Waals surface area contributed by atoms with E-state index in [4.69, 9.17) is 17.3 Å². The van der Waals surface area contributed by atoms with E-state index in [1.807, 2.05) is 13.8 Å². The summed E-state index contributed by atoms with van der Waals surface area (Å²) >= 11 is 9.09. The number of hydrogen-bond donors (Lipinski definition) is 1. The van der Waals surface area contributed by atoms with Gasteiger partial charge in [0.1, 0.15) is 0 Å². The third-order valence-electron chi connectivity index (χ3n) is 1.42. The summed E-state index contributed by atoms with van der Waals surface area (Å²) in [4.78, 5) is 4.15. The van der Waals surface area contributed by atoms with Crippen LogP contribution >= 0.6 is 27.5 Å². The summed E-state index contributed by atoms with van der Waals surface area (Å²) in [5.74, 6) is 0. The van der Waals surface area contributed by atoms with Crippen molar-refractivity contribution in [3.63, 3.8) is 0 Å². The molecule has 0 radical (unpaired) electrons. The topological polar surface area (TPSA) is 38.9 Å². The van der Waals surface area contributed by atoms with Crippen LogP contribution in [-0.4, -0.2) is 4.98 Å². The van der Waals surface area contributed by atoms with Crippen LogP contribution in [0.4, 0.5) is 0 Å². The normalized spacial score (nSPS) is 11.8. The van der Waals surface area contributed by atoms with E-state index in [9.17, 15) is 0 Å². The second-order valence-corrected chi connectivity index (χ2v) is 4.50. The smallest absolute Gasteiger partial charge is 0.0739 e. The first-order valence-electron chi connectivity index (χ1n) is 3.51. The lowest BCUT2D eigenvalue weighted by Crippen LogP contribution is -2.30. The zero-order valence-electron chi connectivity index (χ0n) is 6.94. The Balaban J connectivity index is 3.19. The highest BCUT2D eigenvalue weighted by molar-refractivity contribution is 9.10. The molecule has 0 saturated heterocycles. The van der Waals surface area contributed by atoms with Crippen LogP contribution in [0.1, 0.15) is 19.5 Å². The van der Waals surface area contributed by atoms with Gasteiger partial charge in [0.2, 0.25) is 0 Å². The molecule has 0 aliphatic heterocycles. The highest BCUT2D eigenvalue weighted by Gasteiger charge is 2.18. The van der Waals surface area contributed by atoms with Crippen molar-refractivity contribution in [2.45, 2.75) is 19.4 Å². The van der Waals surface area contributed by atoms with Gasteiger partial charge in [0.25, 0.3) is 0 Å². The standard InChI is InChI=1S/C8H10BrClN2/c1-8(2,11)7-6(9)3-5(10)4-12-7/h3-4H,11H2,1-2H3. The zero-order valence-corrected chi connectivity index (χ0v) is 9.28. The summed E-state index contributed by atoms with van der Waals surface area (Å²) in [6.45, 7) is 3.79. The molecule has 0 atom stereocenters. The molecule has 0 unspecified atom stereocenters. The molecule has 0 spiro atoms. The fraction of sp³-hybridized carbons (Fsp3) is 0.375. The van der Waals surface area contributed by atoms with E-state index in [-0.39, 0.29) is 0 Å². The van der Waals surface area contributed by atoms with Crippen molar-refractivity contribution < 1.29 is 0 Å². The first-order chi connectivity index (χ1) is 5.41. The third-order valence-corrected chi connectivity index (χ3v) is 2.23. The fourth-order valence-electron chi connectivity index (χ4n) is 0.889. The van der Waals surface area contributed by atoms with Gasteiger partial charge >= 0.3 is 0 Å². The van der Waals surface area contributed by atoms with Crippen LogP contribution in [0.5, 0.6) is 0 Å². The number of nitrogens with two attached hydrogens (primary N) is 1. The van der Waals surface area contributed by atoms with Gasteiger partial charge in [0.05, 0.1) is 16.3 Å². The number of pyridine rings is 1. The van der Waals surface area contributed by atoms with Crippen molar-refractivity contribution in [2.75, 3.05) is 0 Å². The molecule has 0 aromatic carbocycles. The highest BCUT2D eigenvalue weighted by Crippen LogP contribution is 2.25. The molecular formula is C8H10BrClN2. The quantitative estimate of drug-likeness (QED) is 0.831.